The number of nitrogens with one attached hydrogen (secondary N) is 3. The summed E-state index contributed by atoms with van der Waals surface area (Å²) in [6, 6.07) is 7.31. The van der Waals surface area contributed by atoms with E-state index >= 15 is 0 Å². The zero-order chi connectivity index (χ0) is 35.6. The number of carboxylic acids is 1. The zero-order valence-corrected chi connectivity index (χ0v) is 27.3. The monoisotopic (exact) mass is 756 g/mol. The van der Waals surface area contributed by atoms with Crippen molar-refractivity contribution >= 4 is 44.5 Å². The lowest BCUT2D eigenvalue weighted by Crippen LogP contribution is -2.43. The van der Waals surface area contributed by atoms with E-state index in [0.717, 1.165) is 37.6 Å². The number of rotatable bonds is 8. The number of halogens is 6. The first-order valence-electron chi connectivity index (χ1n) is 14.9. The summed E-state index contributed by atoms with van der Waals surface area (Å²) in [5.74, 6) is -4.31. The van der Waals surface area contributed by atoms with Crippen molar-refractivity contribution in [2.24, 2.45) is 0 Å². The van der Waals surface area contributed by atoms with E-state index < -0.39 is 35.4 Å². The molecule has 2 aromatic carbocycles. The highest BCUT2D eigenvalue weighted by molar-refractivity contribution is 9.10. The van der Waals surface area contributed by atoms with E-state index in [1.807, 2.05) is 11.0 Å². The van der Waals surface area contributed by atoms with Crippen molar-refractivity contribution in [3.8, 4) is 17.1 Å². The Bertz CT molecular complexity index is 1900. The molecule has 2 aromatic heterocycles. The molecule has 0 bridgehead atoms. The molecule has 0 radical (unpaired) electrons. The number of benzene rings is 2. The Morgan fingerprint density at radius 1 is 1.18 bits per heavy atom. The fourth-order valence-electron chi connectivity index (χ4n) is 5.56. The van der Waals surface area contributed by atoms with Gasteiger partial charge in [0.1, 0.15) is 29.9 Å². The maximum Gasteiger partial charge on any atom is 0.490 e. The molecule has 262 valence electrons. The van der Waals surface area contributed by atoms with Crippen molar-refractivity contribution in [1.82, 2.24) is 24.8 Å². The number of anilines is 1. The number of imidazole rings is 1. The lowest BCUT2D eigenvalue weighted by molar-refractivity contribution is -0.192. The fraction of sp³-hybridized carbons (Fsp3) is 0.355. The fourth-order valence-corrected chi connectivity index (χ4v) is 6.08. The van der Waals surface area contributed by atoms with Crippen molar-refractivity contribution in [3.05, 3.63) is 74.1 Å². The second-order valence-corrected chi connectivity index (χ2v) is 12.4. The number of aliphatic hydroxyl groups is 1. The molecule has 2 aliphatic rings. The minimum Gasteiger partial charge on any atom is -0.487 e. The largest absolute Gasteiger partial charge is 0.490 e. The minimum absolute atomic E-state index is 0.00896. The van der Waals surface area contributed by atoms with Gasteiger partial charge >= 0.3 is 12.1 Å². The van der Waals surface area contributed by atoms with Crippen LogP contribution in [0.3, 0.4) is 0 Å². The Kier molecular flexibility index (Phi) is 10.6. The molecule has 0 saturated carbocycles. The van der Waals surface area contributed by atoms with Gasteiger partial charge in [0, 0.05) is 37.0 Å². The number of amides is 1. The normalized spacial score (nSPS) is 15.9. The summed E-state index contributed by atoms with van der Waals surface area (Å²) in [5.41, 5.74) is 3.06. The van der Waals surface area contributed by atoms with Gasteiger partial charge in [-0.25, -0.2) is 18.6 Å². The highest BCUT2D eigenvalue weighted by atomic mass is 79.9. The van der Waals surface area contributed by atoms with Crippen LogP contribution in [0.15, 0.2) is 45.8 Å². The number of hydrogen-bond acceptors (Lipinski definition) is 8. The standard InChI is InChI=1S/C29H29BrF2N6O4.C2HF3O2/c1-37-6-3-17(4-7-37)38-13-15-8-23-24(11-19(15)29(38)41)36-27(35-23)25-22(2-5-33-28(25)40)34-12-18(39)14-42-26-20(30)9-16(31)10-21(26)32;3-2(4,5)1(6)7/h2,5,8-11,17-18,39H,3-4,6-7,12-14H2,1H3,(H,35,36)(H2,33,34,40);(H,6,7)/t18-;/m1./s1. The lowest BCUT2D eigenvalue weighted by atomic mass is 10.0. The van der Waals surface area contributed by atoms with Crippen LogP contribution in [0, 0.1) is 11.6 Å². The topological polar surface area (TPSA) is 164 Å². The van der Waals surface area contributed by atoms with Crippen LogP contribution in [0.4, 0.5) is 27.6 Å². The molecule has 0 aliphatic carbocycles. The molecular weight excluding hydrogens is 727 g/mol. The highest BCUT2D eigenvalue weighted by Crippen LogP contribution is 2.33. The Morgan fingerprint density at radius 3 is 2.53 bits per heavy atom. The number of carbonyl (C=O) groups is 2. The smallest absolute Gasteiger partial charge is 0.487 e. The summed E-state index contributed by atoms with van der Waals surface area (Å²) >= 11 is 3.05. The van der Waals surface area contributed by atoms with Gasteiger partial charge in [0.25, 0.3) is 11.5 Å². The van der Waals surface area contributed by atoms with Crippen molar-refractivity contribution in [2.45, 2.75) is 37.7 Å². The number of aromatic amines is 2. The first-order chi connectivity index (χ1) is 23.1. The van der Waals surface area contributed by atoms with E-state index in [0.29, 0.717) is 40.7 Å². The van der Waals surface area contributed by atoms with Crippen molar-refractivity contribution in [3.63, 3.8) is 0 Å². The summed E-state index contributed by atoms with van der Waals surface area (Å²) in [4.78, 5) is 49.8. The Morgan fingerprint density at radius 2 is 1.88 bits per heavy atom. The van der Waals surface area contributed by atoms with Gasteiger partial charge in [0.2, 0.25) is 0 Å². The van der Waals surface area contributed by atoms with Crippen molar-refractivity contribution < 1.29 is 46.5 Å². The molecule has 0 unspecified atom stereocenters. The van der Waals surface area contributed by atoms with Crippen LogP contribution in [0.2, 0.25) is 0 Å². The summed E-state index contributed by atoms with van der Waals surface area (Å²) in [6.07, 6.45) is -2.81. The Balaban J connectivity index is 0.000000606. The number of ether oxygens (including phenoxy) is 1. The average molecular weight is 758 g/mol. The van der Waals surface area contributed by atoms with Gasteiger partial charge in [-0.15, -0.1) is 0 Å². The first-order valence-corrected chi connectivity index (χ1v) is 15.6. The van der Waals surface area contributed by atoms with Gasteiger partial charge in [-0.05, 0) is 78.7 Å². The molecule has 2 aliphatic heterocycles. The maximum atomic E-state index is 14.0. The molecule has 12 nitrogen and oxygen atoms in total. The minimum atomic E-state index is -5.08. The average Bonchev–Trinajstić information content (AvgIpc) is 3.58. The number of aromatic nitrogens is 3. The van der Waals surface area contributed by atoms with E-state index in [1.165, 1.54) is 6.20 Å². The van der Waals surface area contributed by atoms with E-state index in [1.54, 1.807) is 12.1 Å². The van der Waals surface area contributed by atoms with E-state index in [-0.39, 0.29) is 40.9 Å². The Labute approximate surface area is 283 Å². The molecule has 5 N–H and O–H groups in total. The second-order valence-electron chi connectivity index (χ2n) is 11.5. The summed E-state index contributed by atoms with van der Waals surface area (Å²) in [7, 11) is 2.09. The number of nitrogens with zero attached hydrogens (tertiary/aromatic N) is 3. The van der Waals surface area contributed by atoms with Crippen LogP contribution in [0.25, 0.3) is 22.4 Å². The zero-order valence-electron chi connectivity index (χ0n) is 25.7. The van der Waals surface area contributed by atoms with E-state index in [2.05, 4.69) is 48.1 Å². The molecule has 1 fully saturated rings. The number of piperidine rings is 1. The van der Waals surface area contributed by atoms with Crippen LogP contribution < -0.4 is 15.6 Å². The number of alkyl halides is 3. The van der Waals surface area contributed by atoms with Gasteiger partial charge in [-0.3, -0.25) is 9.59 Å². The molecule has 4 aromatic rings. The van der Waals surface area contributed by atoms with Gasteiger partial charge in [-0.2, -0.15) is 13.2 Å². The quantitative estimate of drug-likeness (QED) is 0.163. The number of aliphatic carboxylic acids is 1. The molecule has 1 amide bonds. The maximum absolute atomic E-state index is 14.0. The predicted octanol–water partition coefficient (Wildman–Crippen LogP) is 4.49. The molecule has 1 saturated heterocycles. The third kappa shape index (κ3) is 8.19. The third-order valence-electron chi connectivity index (χ3n) is 8.02. The first kappa shape index (κ1) is 35.7. The number of pyridine rings is 1. The molecular formula is C31H30BrF5N6O6. The lowest BCUT2D eigenvalue weighted by Gasteiger charge is -2.34. The Hall–Kier alpha value is -4.55. The van der Waals surface area contributed by atoms with Crippen LogP contribution in [-0.4, -0.2) is 98.5 Å². The molecule has 6 rings (SSSR count). The molecule has 4 heterocycles. The van der Waals surface area contributed by atoms with Gasteiger partial charge < -0.3 is 40.0 Å². The third-order valence-corrected chi connectivity index (χ3v) is 8.61. The number of aliphatic hydroxyl groups excluding tert-OH is 1. The SMILES string of the molecule is CN1CCC(N2Cc3cc4[nH]c(-c5c(NC[C@@H](O)COc6c(F)cc(F)cc6Br)cc[nH]c5=O)nc4cc3C2=O)CC1.O=C(O)C(F)(F)F. The molecule has 1 atom stereocenters. The number of H-pyrrole nitrogens is 2. The van der Waals surface area contributed by atoms with Gasteiger partial charge in [-0.1, -0.05) is 0 Å². The van der Waals surface area contributed by atoms with Crippen LogP contribution in [0.1, 0.15) is 28.8 Å². The number of carbonyl (C=O) groups excluding carboxylic acids is 1. The molecule has 18 heteroatoms. The number of likely N-dealkylation sites (tertiary alicyclic amines) is 1. The van der Waals surface area contributed by atoms with E-state index in [4.69, 9.17) is 14.6 Å². The summed E-state index contributed by atoms with van der Waals surface area (Å²) < 4.78 is 64.5. The predicted molar refractivity (Wildman–Crippen MR) is 170 cm³/mol. The number of carboxylic acid groups (broad SMARTS) is 1. The van der Waals surface area contributed by atoms with Crippen LogP contribution in [-0.2, 0) is 11.3 Å². The summed E-state index contributed by atoms with van der Waals surface area (Å²) in [6.45, 7) is 2.16. The second kappa shape index (κ2) is 14.5. The number of hydrogen-bond donors (Lipinski definition) is 5. The molecule has 0 spiro atoms. The highest BCUT2D eigenvalue weighted by Gasteiger charge is 2.38. The number of fused-ring (bicyclic) bond motifs is 2. The van der Waals surface area contributed by atoms with Crippen LogP contribution >= 0.6 is 15.9 Å². The molecule has 49 heavy (non-hydrogen) atoms. The summed E-state index contributed by atoms with van der Waals surface area (Å²) in [5, 5.41) is 20.6. The van der Waals surface area contributed by atoms with Crippen molar-refractivity contribution in [1.29, 1.82) is 0 Å². The van der Waals surface area contributed by atoms with Gasteiger partial charge in [0.15, 0.2) is 11.6 Å². The van der Waals surface area contributed by atoms with E-state index in [9.17, 15) is 36.6 Å². The van der Waals surface area contributed by atoms with Crippen molar-refractivity contribution in [2.75, 3.05) is 38.6 Å². The van der Waals surface area contributed by atoms with Gasteiger partial charge in [0.05, 0.1) is 21.2 Å². The van der Waals surface area contributed by atoms with Crippen LogP contribution in [0.5, 0.6) is 5.75 Å².